The van der Waals surface area contributed by atoms with Crippen LogP contribution in [0.2, 0.25) is 44.4 Å². The van der Waals surface area contributed by atoms with Crippen LogP contribution in [0.1, 0.15) is 5.69 Å². The molecule has 0 atom stereocenters. The Morgan fingerprint density at radius 2 is 1.26 bits per heavy atom. The maximum Gasteiger partial charge on any atom is 0.171 e. The first-order valence-corrected chi connectivity index (χ1v) is 15.5. The number of hydrogen-bond donors (Lipinski definition) is 2. The molecule has 0 saturated heterocycles. The minimum absolute atomic E-state index is 0.257. The lowest BCUT2D eigenvalue weighted by Gasteiger charge is -2.03. The summed E-state index contributed by atoms with van der Waals surface area (Å²) >= 11 is 5.41. The van der Waals surface area contributed by atoms with E-state index in [-0.39, 0.29) is 11.0 Å². The molecule has 2 heterocycles. The van der Waals surface area contributed by atoms with Gasteiger partial charge in [0.1, 0.15) is 16.1 Å². The van der Waals surface area contributed by atoms with E-state index in [2.05, 4.69) is 76.2 Å². The van der Waals surface area contributed by atoms with E-state index in [0.29, 0.717) is 11.5 Å². The molecule has 0 amide bonds. The van der Waals surface area contributed by atoms with Crippen LogP contribution < -0.4 is 11.5 Å². The van der Waals surface area contributed by atoms with Crippen molar-refractivity contribution in [3.63, 3.8) is 0 Å². The van der Waals surface area contributed by atoms with E-state index in [9.17, 15) is 0 Å². The molecule has 0 aliphatic rings. The van der Waals surface area contributed by atoms with Gasteiger partial charge in [-0.1, -0.05) is 56.8 Å². The fourth-order valence-corrected chi connectivity index (χ4v) is 1.62. The molecule has 0 fully saturated rings. The maximum atomic E-state index is 5.59. The predicted molar refractivity (Wildman–Crippen MR) is 120 cm³/mol. The minimum atomic E-state index is -1.35. The fourth-order valence-electron chi connectivity index (χ4n) is 1.02. The zero-order valence-electron chi connectivity index (χ0n) is 16.7. The molecule has 9 heteroatoms. The molecule has 0 bridgehead atoms. The molecule has 144 valence electrons. The van der Waals surface area contributed by atoms with Crippen LogP contribution >= 0.6 is 11.6 Å². The molecule has 6 nitrogen and oxygen atoms in total. The average molecular weight is 419 g/mol. The number of nitrogens with zero attached hydrogens (tertiary/aromatic N) is 4. The summed E-state index contributed by atoms with van der Waals surface area (Å²) in [6, 6.07) is 0. The average Bonchev–Trinajstić information content (AvgIpc) is 2.57. The van der Waals surface area contributed by atoms with Gasteiger partial charge in [0.2, 0.25) is 0 Å². The van der Waals surface area contributed by atoms with Gasteiger partial charge in [-0.3, -0.25) is 0 Å². The smallest absolute Gasteiger partial charge is 0.171 e. The van der Waals surface area contributed by atoms with Crippen LogP contribution in [0, 0.1) is 23.4 Å². The van der Waals surface area contributed by atoms with Gasteiger partial charge in [-0.15, -0.1) is 17.5 Å². The minimum Gasteiger partial charge on any atom is -0.381 e. The van der Waals surface area contributed by atoms with Crippen molar-refractivity contribution < 1.29 is 0 Å². The largest absolute Gasteiger partial charge is 0.381 e. The van der Waals surface area contributed by atoms with Crippen LogP contribution in [0.4, 0.5) is 11.6 Å². The van der Waals surface area contributed by atoms with Crippen LogP contribution in [0.3, 0.4) is 0 Å². The van der Waals surface area contributed by atoms with Crippen molar-refractivity contribution in [3.8, 4) is 23.4 Å². The van der Waals surface area contributed by atoms with Gasteiger partial charge in [0.15, 0.2) is 22.5 Å². The first-order valence-electron chi connectivity index (χ1n) is 8.15. The monoisotopic (exact) mass is 418 g/mol. The number of anilines is 2. The van der Waals surface area contributed by atoms with Gasteiger partial charge in [0.05, 0.1) is 0 Å². The van der Waals surface area contributed by atoms with Gasteiger partial charge < -0.3 is 11.5 Å². The molecule has 0 spiro atoms. The second-order valence-corrected chi connectivity index (χ2v) is 17.3. The van der Waals surface area contributed by atoms with Gasteiger partial charge in [0.25, 0.3) is 0 Å². The second-order valence-electron chi connectivity index (χ2n) is 7.42. The number of hydrogen-bond acceptors (Lipinski definition) is 6. The summed E-state index contributed by atoms with van der Waals surface area (Å²) in [5.41, 5.74) is 17.3. The molecule has 0 saturated carbocycles. The summed E-state index contributed by atoms with van der Waals surface area (Å²) in [6.07, 6.45) is 11.3. The third kappa shape index (κ3) is 13.5. The molecule has 27 heavy (non-hydrogen) atoms. The highest BCUT2D eigenvalue weighted by atomic mass is 35.5. The zero-order chi connectivity index (χ0) is 21.1. The van der Waals surface area contributed by atoms with Crippen molar-refractivity contribution in [1.29, 1.82) is 0 Å². The Balaban J connectivity index is 0.000000413. The van der Waals surface area contributed by atoms with E-state index in [0.717, 1.165) is 0 Å². The predicted octanol–water partition coefficient (Wildman–Crippen LogP) is 3.50. The Hall–Kier alpha value is -2.40. The summed E-state index contributed by atoms with van der Waals surface area (Å²) in [7, 11) is -2.45. The SMILES string of the molecule is C#C[Si](C)(C)C.C[Si](C)(C)C#Cc1nccnc1N.Nc1nccnc1Cl. The Morgan fingerprint density at radius 3 is 1.59 bits per heavy atom. The van der Waals surface area contributed by atoms with Crippen LogP contribution in [-0.4, -0.2) is 36.1 Å². The Kier molecular flexibility index (Phi) is 10.3. The first-order chi connectivity index (χ1) is 12.4. The van der Waals surface area contributed by atoms with Crippen molar-refractivity contribution in [2.75, 3.05) is 11.5 Å². The van der Waals surface area contributed by atoms with Gasteiger partial charge in [-0.25, -0.2) is 19.9 Å². The summed E-state index contributed by atoms with van der Waals surface area (Å²) in [5, 5.41) is 0.257. The molecule has 2 aromatic rings. The molecule has 0 aliphatic heterocycles. The molecule has 2 rings (SSSR count). The van der Waals surface area contributed by atoms with Gasteiger partial charge in [-0.05, 0) is 0 Å². The van der Waals surface area contributed by atoms with E-state index in [1.54, 1.807) is 12.4 Å². The van der Waals surface area contributed by atoms with Gasteiger partial charge in [-0.2, -0.15) is 0 Å². The topological polar surface area (TPSA) is 104 Å². The quantitative estimate of drug-likeness (QED) is 0.501. The number of rotatable bonds is 0. The Labute approximate surface area is 169 Å². The zero-order valence-corrected chi connectivity index (χ0v) is 19.5. The number of aromatic nitrogens is 4. The molecule has 0 aromatic carbocycles. The third-order valence-electron chi connectivity index (χ3n) is 2.39. The molecule has 0 aliphatic carbocycles. The molecule has 2 aromatic heterocycles. The maximum absolute atomic E-state index is 5.59. The van der Waals surface area contributed by atoms with Crippen LogP contribution in [-0.2, 0) is 0 Å². The number of nitrogen functional groups attached to an aromatic ring is 2. The highest BCUT2D eigenvalue weighted by Gasteiger charge is 2.08. The summed E-state index contributed by atoms with van der Waals surface area (Å²) in [6.45, 7) is 13.0. The fraction of sp³-hybridized carbons (Fsp3) is 0.333. The third-order valence-corrected chi connectivity index (χ3v) is 4.43. The molecule has 0 unspecified atom stereocenters. The van der Waals surface area contributed by atoms with E-state index in [1.807, 2.05) is 0 Å². The van der Waals surface area contributed by atoms with Gasteiger partial charge in [0, 0.05) is 24.8 Å². The highest BCUT2D eigenvalue weighted by molar-refractivity contribution is 6.84. The summed E-state index contributed by atoms with van der Waals surface area (Å²) in [4.78, 5) is 15.3. The number of halogens is 1. The number of nitrogens with two attached hydrogens (primary N) is 2. The lowest BCUT2D eigenvalue weighted by Crippen LogP contribution is -2.16. The van der Waals surface area contributed by atoms with Crippen molar-refractivity contribution in [2.24, 2.45) is 0 Å². The van der Waals surface area contributed by atoms with Gasteiger partial charge >= 0.3 is 0 Å². The van der Waals surface area contributed by atoms with Crippen LogP contribution in [0.5, 0.6) is 0 Å². The molecular formula is C18H27ClN6Si2. The van der Waals surface area contributed by atoms with E-state index in [1.165, 1.54) is 12.4 Å². The molecule has 4 N–H and O–H groups in total. The van der Waals surface area contributed by atoms with E-state index < -0.39 is 16.1 Å². The van der Waals surface area contributed by atoms with Crippen LogP contribution in [0.25, 0.3) is 0 Å². The lowest BCUT2D eigenvalue weighted by molar-refractivity contribution is 1.19. The van der Waals surface area contributed by atoms with Crippen molar-refractivity contribution >= 4 is 39.4 Å². The summed E-state index contributed by atoms with van der Waals surface area (Å²) in [5.74, 6) is 3.65. The lowest BCUT2D eigenvalue weighted by atomic mass is 10.4. The summed E-state index contributed by atoms with van der Waals surface area (Å²) < 4.78 is 0. The molecule has 0 radical (unpaired) electrons. The van der Waals surface area contributed by atoms with Crippen LogP contribution in [0.15, 0.2) is 24.8 Å². The first kappa shape index (κ1) is 24.6. The molecular weight excluding hydrogens is 392 g/mol. The Bertz CT molecular complexity index is 805. The van der Waals surface area contributed by atoms with Crippen molar-refractivity contribution in [3.05, 3.63) is 35.6 Å². The standard InChI is InChI=1S/C9H13N3Si.C5H10Si.C4H4ClN3/c1-13(2,3)7-4-8-9(10)12-6-5-11-8;1-5-6(2,3)4;5-3-4(6)8-2-1-7-3/h5-6H,1-3H3,(H2,10,12);1H,2-4H3;1-2H,(H2,6,8). The Morgan fingerprint density at radius 1 is 0.815 bits per heavy atom. The van der Waals surface area contributed by atoms with E-state index >= 15 is 0 Å². The van der Waals surface area contributed by atoms with E-state index in [4.69, 9.17) is 29.5 Å². The van der Waals surface area contributed by atoms with Crippen molar-refractivity contribution in [1.82, 2.24) is 19.9 Å². The van der Waals surface area contributed by atoms with Crippen molar-refractivity contribution in [2.45, 2.75) is 39.3 Å². The normalized spacial score (nSPS) is 10.0. The number of terminal acetylenes is 1. The second kappa shape index (κ2) is 11.3. The highest BCUT2D eigenvalue weighted by Crippen LogP contribution is 2.08.